The highest BCUT2D eigenvalue weighted by molar-refractivity contribution is 7.19. The zero-order chi connectivity index (χ0) is 25.0. The number of hydrogen-bond acceptors (Lipinski definition) is 5. The second-order valence-electron chi connectivity index (χ2n) is 8.31. The predicted octanol–water partition coefficient (Wildman–Crippen LogP) is 6.87. The molecule has 0 unspecified atom stereocenters. The molecule has 0 atom stereocenters. The summed E-state index contributed by atoms with van der Waals surface area (Å²) in [5, 5.41) is 2.09. The number of carbonyl (C=O) groups is 1. The monoisotopic (exact) mass is 508 g/mol. The lowest BCUT2D eigenvalue weighted by atomic mass is 9.94. The van der Waals surface area contributed by atoms with Crippen molar-refractivity contribution in [1.29, 1.82) is 0 Å². The van der Waals surface area contributed by atoms with Crippen LogP contribution in [-0.4, -0.2) is 34.4 Å². The van der Waals surface area contributed by atoms with Crippen LogP contribution in [0.2, 0.25) is 5.02 Å². The van der Waals surface area contributed by atoms with Gasteiger partial charge in [0.25, 0.3) is 0 Å². The van der Waals surface area contributed by atoms with Crippen LogP contribution in [0.5, 0.6) is 0 Å². The largest absolute Gasteiger partial charge is 0.338 e. The van der Waals surface area contributed by atoms with Crippen molar-refractivity contribution in [2.75, 3.05) is 7.05 Å². The Hall–Kier alpha value is -2.80. The van der Waals surface area contributed by atoms with E-state index in [4.69, 9.17) is 11.6 Å². The fourth-order valence-electron chi connectivity index (χ4n) is 4.27. The lowest BCUT2D eigenvalue weighted by Crippen LogP contribution is -2.35. The van der Waals surface area contributed by atoms with Gasteiger partial charge < -0.3 is 10.6 Å². The molecule has 1 fully saturated rings. The van der Waals surface area contributed by atoms with Gasteiger partial charge in [-0.3, -0.25) is 4.79 Å². The molecule has 7 heteroatoms. The molecule has 1 aliphatic carbocycles. The molecule has 1 amide bonds. The van der Waals surface area contributed by atoms with Gasteiger partial charge in [0, 0.05) is 45.5 Å². The summed E-state index contributed by atoms with van der Waals surface area (Å²) in [5.41, 5.74) is 6.62. The van der Waals surface area contributed by atoms with Crippen molar-refractivity contribution in [2.45, 2.75) is 51.6 Å². The van der Waals surface area contributed by atoms with Gasteiger partial charge in [-0.05, 0) is 50.6 Å². The quantitative estimate of drug-likeness (QED) is 0.298. The summed E-state index contributed by atoms with van der Waals surface area (Å²) < 4.78 is 1.27. The van der Waals surface area contributed by atoms with Crippen molar-refractivity contribution in [1.82, 2.24) is 14.9 Å². The molecule has 2 heterocycles. The van der Waals surface area contributed by atoms with Gasteiger partial charge in [0.05, 0.1) is 5.02 Å². The second kappa shape index (κ2) is 13.9. The fraction of sp³-hybridized carbons (Fsp3) is 0.321. The minimum Gasteiger partial charge on any atom is -0.338 e. The summed E-state index contributed by atoms with van der Waals surface area (Å²) in [5.74, 6) is 0.722. The Morgan fingerprint density at radius 1 is 1.03 bits per heavy atom. The molecule has 0 bridgehead atoms. The summed E-state index contributed by atoms with van der Waals surface area (Å²) in [4.78, 5) is 23.2. The third-order valence-electron chi connectivity index (χ3n) is 5.99. The smallest absolute Gasteiger partial charge is 0.210 e. The molecular weight excluding hydrogens is 476 g/mol. The number of nitrogens with two attached hydrogens (primary N) is 1. The number of aromatic nitrogens is 2. The van der Waals surface area contributed by atoms with E-state index in [0.717, 1.165) is 41.2 Å². The molecule has 0 radical (unpaired) electrons. The minimum absolute atomic E-state index is 0.392. The standard InChI is InChI=1S/C18H21N3O.C9H7ClS.CH5N/c22-14-21(17-8-2-1-3-9-17)13-15-6-4-7-16(12-15)18-19-10-5-11-20-18;1-6-9(10)7-4-2-3-5-8(7)11-6;1-2/h4-7,10-12,14,17H,1-3,8-9,13H2;2-5H,1H3;2H2,1H3. The summed E-state index contributed by atoms with van der Waals surface area (Å²) in [6.45, 7) is 2.71. The van der Waals surface area contributed by atoms with E-state index in [1.54, 1.807) is 23.7 Å². The van der Waals surface area contributed by atoms with Gasteiger partial charge in [-0.25, -0.2) is 9.97 Å². The van der Waals surface area contributed by atoms with Crippen molar-refractivity contribution in [2.24, 2.45) is 5.73 Å². The van der Waals surface area contributed by atoms with Crippen molar-refractivity contribution in [3.63, 3.8) is 0 Å². The van der Waals surface area contributed by atoms with E-state index in [0.29, 0.717) is 12.6 Å². The Morgan fingerprint density at radius 2 is 1.74 bits per heavy atom. The predicted molar refractivity (Wildman–Crippen MR) is 148 cm³/mol. The number of rotatable bonds is 5. The van der Waals surface area contributed by atoms with Crippen molar-refractivity contribution < 1.29 is 4.79 Å². The molecule has 35 heavy (non-hydrogen) atoms. The normalized spacial score (nSPS) is 13.3. The van der Waals surface area contributed by atoms with Crippen LogP contribution in [0.15, 0.2) is 67.0 Å². The molecule has 2 aromatic carbocycles. The second-order valence-corrected chi connectivity index (χ2v) is 9.95. The SMILES string of the molecule is CN.Cc1sc2ccccc2c1Cl.O=CN(Cc1cccc(-c2ncccn2)c1)C1CCCCC1. The van der Waals surface area contributed by atoms with Crippen LogP contribution in [0, 0.1) is 6.92 Å². The number of amides is 1. The third-order valence-corrected chi connectivity index (χ3v) is 7.68. The maximum atomic E-state index is 11.5. The number of hydrogen-bond donors (Lipinski definition) is 1. The Kier molecular flexibility index (Phi) is 10.7. The molecule has 0 spiro atoms. The molecule has 5 rings (SSSR count). The molecule has 0 aliphatic heterocycles. The third kappa shape index (κ3) is 7.34. The molecular formula is C28H33ClN4OS. The molecule has 0 saturated heterocycles. The van der Waals surface area contributed by atoms with Gasteiger partial charge in [0.2, 0.25) is 6.41 Å². The van der Waals surface area contributed by atoms with Crippen molar-refractivity contribution >= 4 is 39.4 Å². The number of fused-ring (bicyclic) bond motifs is 1. The molecule has 184 valence electrons. The van der Waals surface area contributed by atoms with Crippen LogP contribution in [0.1, 0.15) is 42.5 Å². The zero-order valence-electron chi connectivity index (χ0n) is 20.4. The lowest BCUT2D eigenvalue weighted by molar-refractivity contribution is -0.121. The average Bonchev–Trinajstić information content (AvgIpc) is 3.23. The Labute approximate surface area is 217 Å². The molecule has 1 saturated carbocycles. The summed E-state index contributed by atoms with van der Waals surface area (Å²) in [6, 6.07) is 18.6. The first-order valence-electron chi connectivity index (χ1n) is 11.9. The van der Waals surface area contributed by atoms with E-state index >= 15 is 0 Å². The maximum Gasteiger partial charge on any atom is 0.210 e. The molecule has 5 nitrogen and oxygen atoms in total. The maximum absolute atomic E-state index is 11.5. The van der Waals surface area contributed by atoms with E-state index in [2.05, 4.69) is 40.0 Å². The summed E-state index contributed by atoms with van der Waals surface area (Å²) in [6.07, 6.45) is 10.5. The van der Waals surface area contributed by atoms with Gasteiger partial charge in [0.15, 0.2) is 5.82 Å². The number of halogens is 1. The number of thiophene rings is 1. The van der Waals surface area contributed by atoms with E-state index in [-0.39, 0.29) is 0 Å². The van der Waals surface area contributed by atoms with E-state index in [1.165, 1.54) is 41.3 Å². The van der Waals surface area contributed by atoms with Crippen molar-refractivity contribution in [3.8, 4) is 11.4 Å². The van der Waals surface area contributed by atoms with Crippen LogP contribution in [0.3, 0.4) is 0 Å². The number of nitrogens with zero attached hydrogens (tertiary/aromatic N) is 3. The summed E-state index contributed by atoms with van der Waals surface area (Å²) in [7, 11) is 1.50. The molecule has 1 aliphatic rings. The molecule has 4 aromatic rings. The van der Waals surface area contributed by atoms with Gasteiger partial charge >= 0.3 is 0 Å². The molecule has 2 aromatic heterocycles. The van der Waals surface area contributed by atoms with E-state index in [1.807, 2.05) is 42.2 Å². The fourth-order valence-corrected chi connectivity index (χ4v) is 5.56. The minimum atomic E-state index is 0.392. The number of benzene rings is 2. The van der Waals surface area contributed by atoms with Gasteiger partial charge in [-0.1, -0.05) is 67.3 Å². The van der Waals surface area contributed by atoms with E-state index in [9.17, 15) is 4.79 Å². The van der Waals surface area contributed by atoms with Gasteiger partial charge in [0.1, 0.15) is 0 Å². The van der Waals surface area contributed by atoms with E-state index < -0.39 is 0 Å². The first-order valence-corrected chi connectivity index (χ1v) is 13.1. The first kappa shape index (κ1) is 26.8. The van der Waals surface area contributed by atoms with Crippen LogP contribution < -0.4 is 5.73 Å². The zero-order valence-corrected chi connectivity index (χ0v) is 21.9. The van der Waals surface area contributed by atoms with Crippen LogP contribution in [0.25, 0.3) is 21.5 Å². The van der Waals surface area contributed by atoms with Gasteiger partial charge in [-0.15, -0.1) is 11.3 Å². The summed E-state index contributed by atoms with van der Waals surface area (Å²) >= 11 is 7.80. The van der Waals surface area contributed by atoms with Gasteiger partial charge in [-0.2, -0.15) is 0 Å². The highest BCUT2D eigenvalue weighted by Gasteiger charge is 2.20. The highest BCUT2D eigenvalue weighted by atomic mass is 35.5. The first-order chi connectivity index (χ1) is 17.2. The topological polar surface area (TPSA) is 72.1 Å². The molecule has 2 N–H and O–H groups in total. The number of aryl methyl sites for hydroxylation is 1. The highest BCUT2D eigenvalue weighted by Crippen LogP contribution is 2.34. The van der Waals surface area contributed by atoms with Crippen LogP contribution in [-0.2, 0) is 11.3 Å². The Bertz CT molecular complexity index is 1190. The average molecular weight is 509 g/mol. The van der Waals surface area contributed by atoms with Crippen LogP contribution >= 0.6 is 22.9 Å². The van der Waals surface area contributed by atoms with Crippen LogP contribution in [0.4, 0.5) is 0 Å². The van der Waals surface area contributed by atoms with Crippen molar-refractivity contribution in [3.05, 3.63) is 82.5 Å². The lowest BCUT2D eigenvalue weighted by Gasteiger charge is -2.31. The Balaban J connectivity index is 0.000000220. The number of carbonyl (C=O) groups excluding carboxylic acids is 1. The Morgan fingerprint density at radius 3 is 2.43 bits per heavy atom.